The van der Waals surface area contributed by atoms with Crippen molar-refractivity contribution in [1.82, 2.24) is 14.5 Å². The fraction of sp³-hybridized carbons (Fsp3) is 0.400. The molecular weight excluding hydrogens is 222 g/mol. The molecule has 1 aliphatic rings. The van der Waals surface area contributed by atoms with Gasteiger partial charge in [0, 0.05) is 30.5 Å². The summed E-state index contributed by atoms with van der Waals surface area (Å²) in [7, 11) is 4.19. The zero-order valence-electron chi connectivity index (χ0n) is 11.0. The van der Waals surface area contributed by atoms with Gasteiger partial charge in [0.15, 0.2) is 0 Å². The van der Waals surface area contributed by atoms with Crippen LogP contribution in [0, 0.1) is 0 Å². The van der Waals surface area contributed by atoms with Crippen LogP contribution in [0.5, 0.6) is 0 Å². The maximum absolute atomic E-state index is 4.52. The van der Waals surface area contributed by atoms with Gasteiger partial charge in [-0.2, -0.15) is 0 Å². The van der Waals surface area contributed by atoms with E-state index >= 15 is 0 Å². The van der Waals surface area contributed by atoms with E-state index in [1.54, 1.807) is 0 Å². The Morgan fingerprint density at radius 3 is 2.89 bits per heavy atom. The largest absolute Gasteiger partial charge is 0.328 e. The third-order valence-corrected chi connectivity index (χ3v) is 3.29. The van der Waals surface area contributed by atoms with E-state index < -0.39 is 0 Å². The zero-order valence-corrected chi connectivity index (χ0v) is 11.0. The summed E-state index contributed by atoms with van der Waals surface area (Å²) in [6.07, 6.45) is 6.60. The summed E-state index contributed by atoms with van der Waals surface area (Å²) >= 11 is 0. The lowest BCUT2D eigenvalue weighted by Crippen LogP contribution is -2.10. The summed E-state index contributed by atoms with van der Waals surface area (Å²) < 4.78 is 2.31. The SMILES string of the molecule is CN(C)Cc1cccc(-c2nccn2C2CC2)c1. The number of hydrogen-bond donors (Lipinski definition) is 0. The third kappa shape index (κ3) is 2.31. The summed E-state index contributed by atoms with van der Waals surface area (Å²) in [5, 5.41) is 0. The first-order chi connectivity index (χ1) is 8.74. The normalized spacial score (nSPS) is 15.3. The maximum Gasteiger partial charge on any atom is 0.140 e. The molecule has 0 bridgehead atoms. The molecule has 1 heterocycles. The van der Waals surface area contributed by atoms with E-state index in [4.69, 9.17) is 0 Å². The van der Waals surface area contributed by atoms with Gasteiger partial charge in [-0.3, -0.25) is 0 Å². The first-order valence-corrected chi connectivity index (χ1v) is 6.51. The van der Waals surface area contributed by atoms with Crippen molar-refractivity contribution in [3.63, 3.8) is 0 Å². The first-order valence-electron chi connectivity index (χ1n) is 6.51. The van der Waals surface area contributed by atoms with Crippen LogP contribution in [0.4, 0.5) is 0 Å². The molecule has 1 aromatic carbocycles. The summed E-state index contributed by atoms with van der Waals surface area (Å²) in [6, 6.07) is 9.38. The predicted molar refractivity (Wildman–Crippen MR) is 73.3 cm³/mol. The second-order valence-corrected chi connectivity index (χ2v) is 5.33. The van der Waals surface area contributed by atoms with Gasteiger partial charge in [0.1, 0.15) is 5.82 Å². The van der Waals surface area contributed by atoms with Crippen molar-refractivity contribution in [3.8, 4) is 11.4 Å². The van der Waals surface area contributed by atoms with E-state index in [0.717, 1.165) is 12.4 Å². The Morgan fingerprint density at radius 1 is 1.33 bits per heavy atom. The number of nitrogens with zero attached hydrogens (tertiary/aromatic N) is 3. The second kappa shape index (κ2) is 4.58. The summed E-state index contributed by atoms with van der Waals surface area (Å²) in [5.74, 6) is 1.11. The number of imidazole rings is 1. The molecule has 0 N–H and O–H groups in total. The molecule has 3 rings (SSSR count). The van der Waals surface area contributed by atoms with Gasteiger partial charge in [-0.15, -0.1) is 0 Å². The van der Waals surface area contributed by atoms with E-state index in [-0.39, 0.29) is 0 Å². The highest BCUT2D eigenvalue weighted by Crippen LogP contribution is 2.37. The lowest BCUT2D eigenvalue weighted by Gasteiger charge is -2.11. The Labute approximate surface area is 108 Å². The lowest BCUT2D eigenvalue weighted by atomic mass is 10.1. The molecule has 0 atom stereocenters. The van der Waals surface area contributed by atoms with Crippen molar-refractivity contribution in [2.24, 2.45) is 0 Å². The molecule has 0 unspecified atom stereocenters. The Kier molecular flexibility index (Phi) is 2.92. The Balaban J connectivity index is 1.93. The highest BCUT2D eigenvalue weighted by Gasteiger charge is 2.25. The van der Waals surface area contributed by atoms with E-state index in [1.807, 2.05) is 6.20 Å². The van der Waals surface area contributed by atoms with Crippen LogP contribution >= 0.6 is 0 Å². The predicted octanol–water partition coefficient (Wildman–Crippen LogP) is 2.95. The number of hydrogen-bond acceptors (Lipinski definition) is 2. The standard InChI is InChI=1S/C15H19N3/c1-17(2)11-12-4-3-5-13(10-12)15-16-8-9-18(15)14-6-7-14/h3-5,8-10,14H,6-7,11H2,1-2H3. The molecule has 1 aliphatic carbocycles. The van der Waals surface area contributed by atoms with Crippen molar-refractivity contribution in [3.05, 3.63) is 42.2 Å². The third-order valence-electron chi connectivity index (χ3n) is 3.29. The van der Waals surface area contributed by atoms with Crippen LogP contribution in [0.15, 0.2) is 36.7 Å². The van der Waals surface area contributed by atoms with Gasteiger partial charge in [-0.25, -0.2) is 4.98 Å². The van der Waals surface area contributed by atoms with Gasteiger partial charge in [0.2, 0.25) is 0 Å². The minimum absolute atomic E-state index is 0.681. The van der Waals surface area contributed by atoms with Crippen molar-refractivity contribution >= 4 is 0 Å². The second-order valence-electron chi connectivity index (χ2n) is 5.33. The summed E-state index contributed by atoms with van der Waals surface area (Å²) in [6.45, 7) is 0.970. The molecule has 18 heavy (non-hydrogen) atoms. The van der Waals surface area contributed by atoms with Crippen LogP contribution in [-0.2, 0) is 6.54 Å². The Hall–Kier alpha value is -1.61. The molecule has 1 fully saturated rings. The van der Waals surface area contributed by atoms with Crippen molar-refractivity contribution in [1.29, 1.82) is 0 Å². The van der Waals surface area contributed by atoms with E-state index in [2.05, 4.69) is 59.0 Å². The van der Waals surface area contributed by atoms with Gasteiger partial charge < -0.3 is 9.47 Å². The van der Waals surface area contributed by atoms with Crippen LogP contribution in [0.2, 0.25) is 0 Å². The zero-order chi connectivity index (χ0) is 12.5. The molecule has 94 valence electrons. The fourth-order valence-electron chi connectivity index (χ4n) is 2.36. The van der Waals surface area contributed by atoms with Crippen molar-refractivity contribution in [2.75, 3.05) is 14.1 Å². The number of aromatic nitrogens is 2. The molecule has 1 saturated carbocycles. The van der Waals surface area contributed by atoms with E-state index in [0.29, 0.717) is 6.04 Å². The highest BCUT2D eigenvalue weighted by atomic mass is 15.1. The molecule has 2 aromatic rings. The molecule has 3 nitrogen and oxygen atoms in total. The maximum atomic E-state index is 4.52. The molecule has 0 radical (unpaired) electrons. The van der Waals surface area contributed by atoms with Crippen LogP contribution in [0.3, 0.4) is 0 Å². The monoisotopic (exact) mass is 241 g/mol. The van der Waals surface area contributed by atoms with Gasteiger partial charge in [0.05, 0.1) is 0 Å². The first kappa shape index (κ1) is 11.5. The Bertz CT molecular complexity index is 538. The minimum atomic E-state index is 0.681. The van der Waals surface area contributed by atoms with Crippen molar-refractivity contribution in [2.45, 2.75) is 25.4 Å². The molecule has 0 spiro atoms. The topological polar surface area (TPSA) is 21.1 Å². The average molecular weight is 241 g/mol. The molecule has 0 aliphatic heterocycles. The molecule has 1 aromatic heterocycles. The van der Waals surface area contributed by atoms with Crippen LogP contribution in [0.1, 0.15) is 24.4 Å². The van der Waals surface area contributed by atoms with Crippen LogP contribution in [-0.4, -0.2) is 28.5 Å². The fourth-order valence-corrected chi connectivity index (χ4v) is 2.36. The lowest BCUT2D eigenvalue weighted by molar-refractivity contribution is 0.402. The molecular formula is C15H19N3. The van der Waals surface area contributed by atoms with Gasteiger partial charge in [0.25, 0.3) is 0 Å². The Morgan fingerprint density at radius 2 is 2.17 bits per heavy atom. The average Bonchev–Trinajstić information content (AvgIpc) is 3.06. The van der Waals surface area contributed by atoms with Gasteiger partial charge in [-0.05, 0) is 38.6 Å². The van der Waals surface area contributed by atoms with Gasteiger partial charge in [-0.1, -0.05) is 18.2 Å². The minimum Gasteiger partial charge on any atom is -0.328 e. The van der Waals surface area contributed by atoms with Crippen LogP contribution in [0.25, 0.3) is 11.4 Å². The number of rotatable bonds is 4. The molecule has 0 saturated heterocycles. The van der Waals surface area contributed by atoms with E-state index in [9.17, 15) is 0 Å². The summed E-state index contributed by atoms with van der Waals surface area (Å²) in [4.78, 5) is 6.70. The van der Waals surface area contributed by atoms with Crippen molar-refractivity contribution < 1.29 is 0 Å². The highest BCUT2D eigenvalue weighted by molar-refractivity contribution is 5.57. The molecule has 0 amide bonds. The van der Waals surface area contributed by atoms with Crippen LogP contribution < -0.4 is 0 Å². The molecule has 3 heteroatoms. The van der Waals surface area contributed by atoms with Gasteiger partial charge >= 0.3 is 0 Å². The smallest absolute Gasteiger partial charge is 0.140 e. The quantitative estimate of drug-likeness (QED) is 0.820. The van der Waals surface area contributed by atoms with E-state index in [1.165, 1.54) is 24.0 Å². The summed E-state index contributed by atoms with van der Waals surface area (Å²) in [5.41, 5.74) is 2.56. The number of benzene rings is 1.